The highest BCUT2D eigenvalue weighted by Crippen LogP contribution is 2.29. The molecule has 0 spiro atoms. The fourth-order valence-electron chi connectivity index (χ4n) is 2.92. The smallest absolute Gasteiger partial charge is 0.240 e. The van der Waals surface area contributed by atoms with E-state index in [9.17, 15) is 4.79 Å². The molecular weight excluding hydrogens is 262 g/mol. The molecule has 112 valence electrons. The summed E-state index contributed by atoms with van der Waals surface area (Å²) in [5.41, 5.74) is 9.57. The van der Waals surface area contributed by atoms with E-state index in [4.69, 9.17) is 5.73 Å². The number of fused-ring (bicyclic) bond motifs is 3. The predicted octanol–water partition coefficient (Wildman–Crippen LogP) is 2.43. The molecule has 4 heteroatoms. The Hall–Kier alpha value is -1.81. The van der Waals surface area contributed by atoms with Crippen molar-refractivity contribution in [2.75, 3.05) is 6.54 Å². The van der Waals surface area contributed by atoms with E-state index in [1.807, 2.05) is 37.8 Å². The number of hydrogen-bond donors (Lipinski definition) is 2. The van der Waals surface area contributed by atoms with Crippen LogP contribution in [0.5, 0.6) is 0 Å². The molecule has 1 aromatic heterocycles. The number of carbonyl (C=O) groups excluding carboxylic acids is 1. The van der Waals surface area contributed by atoms with Crippen molar-refractivity contribution in [3.05, 3.63) is 35.5 Å². The van der Waals surface area contributed by atoms with Crippen molar-refractivity contribution >= 4 is 16.8 Å². The Morgan fingerprint density at radius 2 is 2.05 bits per heavy atom. The second kappa shape index (κ2) is 4.88. The Labute approximate surface area is 125 Å². The number of para-hydroxylation sites is 1. The van der Waals surface area contributed by atoms with Crippen molar-refractivity contribution < 1.29 is 4.79 Å². The van der Waals surface area contributed by atoms with Gasteiger partial charge in [-0.2, -0.15) is 0 Å². The number of nitrogens with two attached hydrogens (primary N) is 1. The highest BCUT2D eigenvalue weighted by Gasteiger charge is 2.33. The second-order valence-corrected chi connectivity index (χ2v) is 6.98. The molecule has 3 rings (SSSR count). The summed E-state index contributed by atoms with van der Waals surface area (Å²) >= 11 is 0. The normalized spacial score (nSPS) is 16.9. The van der Waals surface area contributed by atoms with Crippen LogP contribution in [0.3, 0.4) is 0 Å². The van der Waals surface area contributed by atoms with Crippen molar-refractivity contribution in [1.82, 2.24) is 9.88 Å². The van der Waals surface area contributed by atoms with E-state index in [1.165, 1.54) is 16.6 Å². The van der Waals surface area contributed by atoms with Crippen LogP contribution in [0.4, 0.5) is 0 Å². The molecule has 1 aliphatic rings. The molecule has 0 saturated heterocycles. The number of nitrogens with zero attached hydrogens (tertiary/aromatic N) is 1. The van der Waals surface area contributed by atoms with Gasteiger partial charge in [0.2, 0.25) is 5.91 Å². The maximum absolute atomic E-state index is 12.6. The summed E-state index contributed by atoms with van der Waals surface area (Å²) in [5, 5.41) is 1.22. The van der Waals surface area contributed by atoms with Crippen LogP contribution in [0, 0.1) is 5.41 Å². The molecule has 0 fully saturated rings. The number of benzene rings is 1. The van der Waals surface area contributed by atoms with E-state index in [1.54, 1.807) is 0 Å². The van der Waals surface area contributed by atoms with Gasteiger partial charge in [-0.3, -0.25) is 4.79 Å². The van der Waals surface area contributed by atoms with Gasteiger partial charge in [-0.25, -0.2) is 0 Å². The van der Waals surface area contributed by atoms with Gasteiger partial charge < -0.3 is 15.6 Å². The van der Waals surface area contributed by atoms with Crippen LogP contribution in [-0.4, -0.2) is 28.4 Å². The van der Waals surface area contributed by atoms with Crippen LogP contribution in [0.2, 0.25) is 0 Å². The maximum atomic E-state index is 12.6. The van der Waals surface area contributed by atoms with E-state index in [0.29, 0.717) is 6.54 Å². The van der Waals surface area contributed by atoms with E-state index >= 15 is 0 Å². The van der Waals surface area contributed by atoms with E-state index in [2.05, 4.69) is 17.1 Å². The van der Waals surface area contributed by atoms with Crippen molar-refractivity contribution in [2.24, 2.45) is 11.1 Å². The highest BCUT2D eigenvalue weighted by molar-refractivity contribution is 5.87. The monoisotopic (exact) mass is 285 g/mol. The standard InChI is InChI=1S/C17H23N3O/c1-17(2,3)15(18)16(21)20-9-8-14-12(10-20)11-6-4-5-7-13(11)19-14/h4-7,15,19H,8-10,18H2,1-3H3/t15-/m1/s1. The molecule has 1 atom stereocenters. The van der Waals surface area contributed by atoms with Crippen LogP contribution in [0.15, 0.2) is 24.3 Å². The molecule has 0 bridgehead atoms. The Bertz CT molecular complexity index is 681. The molecular formula is C17H23N3O. The lowest BCUT2D eigenvalue weighted by Crippen LogP contribution is -2.51. The second-order valence-electron chi connectivity index (χ2n) is 6.98. The summed E-state index contributed by atoms with van der Waals surface area (Å²) in [7, 11) is 0. The summed E-state index contributed by atoms with van der Waals surface area (Å²) in [5.74, 6) is 0.0541. The SMILES string of the molecule is CC(C)(C)[C@H](N)C(=O)N1CCc2[nH]c3ccccc3c2C1. The van der Waals surface area contributed by atoms with Crippen molar-refractivity contribution in [3.63, 3.8) is 0 Å². The summed E-state index contributed by atoms with van der Waals surface area (Å²) in [6.07, 6.45) is 0.868. The molecule has 0 unspecified atom stereocenters. The minimum absolute atomic E-state index is 0.0541. The third kappa shape index (κ3) is 2.44. The molecule has 21 heavy (non-hydrogen) atoms. The molecule has 0 aliphatic carbocycles. The molecule has 1 aromatic carbocycles. The predicted molar refractivity (Wildman–Crippen MR) is 84.9 cm³/mol. The third-order valence-corrected chi connectivity index (χ3v) is 4.39. The number of rotatable bonds is 1. The first-order valence-corrected chi connectivity index (χ1v) is 7.51. The first kappa shape index (κ1) is 14.1. The summed E-state index contributed by atoms with van der Waals surface area (Å²) in [6, 6.07) is 7.81. The summed E-state index contributed by atoms with van der Waals surface area (Å²) in [4.78, 5) is 18.0. The Morgan fingerprint density at radius 1 is 1.33 bits per heavy atom. The zero-order chi connectivity index (χ0) is 15.2. The van der Waals surface area contributed by atoms with Crippen molar-refractivity contribution in [3.8, 4) is 0 Å². The topological polar surface area (TPSA) is 62.1 Å². The molecule has 4 nitrogen and oxygen atoms in total. The van der Waals surface area contributed by atoms with Crippen LogP contribution in [0.25, 0.3) is 10.9 Å². The summed E-state index contributed by atoms with van der Waals surface area (Å²) < 4.78 is 0. The molecule has 2 heterocycles. The van der Waals surface area contributed by atoms with Gasteiger partial charge in [0, 0.05) is 41.7 Å². The van der Waals surface area contributed by atoms with Gasteiger partial charge in [-0.05, 0) is 11.5 Å². The molecule has 3 N–H and O–H groups in total. The Kier molecular flexibility index (Phi) is 3.29. The van der Waals surface area contributed by atoms with Gasteiger partial charge in [0.1, 0.15) is 0 Å². The maximum Gasteiger partial charge on any atom is 0.240 e. The zero-order valence-electron chi connectivity index (χ0n) is 12.9. The van der Waals surface area contributed by atoms with E-state index in [0.717, 1.165) is 18.5 Å². The van der Waals surface area contributed by atoms with Crippen molar-refractivity contribution in [1.29, 1.82) is 0 Å². The molecule has 1 amide bonds. The van der Waals surface area contributed by atoms with Gasteiger partial charge in [0.25, 0.3) is 0 Å². The average Bonchev–Trinajstić information content (AvgIpc) is 2.82. The number of amides is 1. The fraction of sp³-hybridized carbons (Fsp3) is 0.471. The molecule has 0 radical (unpaired) electrons. The number of carbonyl (C=O) groups is 1. The number of nitrogens with one attached hydrogen (secondary N) is 1. The largest absolute Gasteiger partial charge is 0.358 e. The number of hydrogen-bond acceptors (Lipinski definition) is 2. The highest BCUT2D eigenvalue weighted by atomic mass is 16.2. The lowest BCUT2D eigenvalue weighted by Gasteiger charge is -2.34. The number of H-pyrrole nitrogens is 1. The fourth-order valence-corrected chi connectivity index (χ4v) is 2.92. The van der Waals surface area contributed by atoms with Gasteiger partial charge >= 0.3 is 0 Å². The number of aromatic nitrogens is 1. The van der Waals surface area contributed by atoms with E-state index < -0.39 is 6.04 Å². The van der Waals surface area contributed by atoms with Crippen molar-refractivity contribution in [2.45, 2.75) is 39.8 Å². The first-order chi connectivity index (χ1) is 9.88. The molecule has 0 saturated carbocycles. The lowest BCUT2D eigenvalue weighted by molar-refractivity contribution is -0.135. The third-order valence-electron chi connectivity index (χ3n) is 4.39. The van der Waals surface area contributed by atoms with Crippen LogP contribution < -0.4 is 5.73 Å². The zero-order valence-corrected chi connectivity index (χ0v) is 12.9. The summed E-state index contributed by atoms with van der Waals surface area (Å²) in [6.45, 7) is 7.42. The Morgan fingerprint density at radius 3 is 2.76 bits per heavy atom. The van der Waals surface area contributed by atoms with Gasteiger partial charge in [-0.1, -0.05) is 39.0 Å². The van der Waals surface area contributed by atoms with Crippen LogP contribution in [-0.2, 0) is 17.8 Å². The average molecular weight is 285 g/mol. The van der Waals surface area contributed by atoms with Gasteiger partial charge in [0.15, 0.2) is 0 Å². The molecule has 2 aromatic rings. The minimum atomic E-state index is -0.454. The number of aromatic amines is 1. The molecule has 1 aliphatic heterocycles. The van der Waals surface area contributed by atoms with E-state index in [-0.39, 0.29) is 11.3 Å². The van der Waals surface area contributed by atoms with Gasteiger partial charge in [0.05, 0.1) is 6.04 Å². The van der Waals surface area contributed by atoms with Crippen LogP contribution in [0.1, 0.15) is 32.0 Å². The first-order valence-electron chi connectivity index (χ1n) is 7.51. The van der Waals surface area contributed by atoms with Gasteiger partial charge in [-0.15, -0.1) is 0 Å². The quantitative estimate of drug-likeness (QED) is 0.845. The lowest BCUT2D eigenvalue weighted by atomic mass is 9.86. The minimum Gasteiger partial charge on any atom is -0.358 e. The Balaban J connectivity index is 1.89. The van der Waals surface area contributed by atoms with Crippen LogP contribution >= 0.6 is 0 Å².